The largest absolute Gasteiger partial charge is 0.398 e. The van der Waals surface area contributed by atoms with E-state index in [1.165, 1.54) is 6.07 Å². The maximum Gasteiger partial charge on any atom is 0.316 e. The number of rotatable bonds is 6. The van der Waals surface area contributed by atoms with Gasteiger partial charge in [-0.15, -0.1) is 4.36 Å². The van der Waals surface area contributed by atoms with Gasteiger partial charge in [0.15, 0.2) is 5.69 Å². The van der Waals surface area contributed by atoms with Gasteiger partial charge in [-0.25, -0.2) is 0 Å². The van der Waals surface area contributed by atoms with Gasteiger partial charge in [0.1, 0.15) is 0 Å². The first kappa shape index (κ1) is 16.1. The van der Waals surface area contributed by atoms with Crippen LogP contribution in [-0.2, 0) is 23.3 Å². The van der Waals surface area contributed by atoms with E-state index in [9.17, 15) is 18.5 Å². The molecule has 0 fully saturated rings. The highest BCUT2D eigenvalue weighted by Crippen LogP contribution is 2.38. The molecule has 0 saturated carbocycles. The Hall–Kier alpha value is -1.96. The normalized spacial score (nSPS) is 10.3. The van der Waals surface area contributed by atoms with Crippen molar-refractivity contribution in [2.24, 2.45) is 4.36 Å². The lowest BCUT2D eigenvalue weighted by Crippen LogP contribution is -2.04. The number of anilines is 1. The fourth-order valence-electron chi connectivity index (χ4n) is 2.15. The Morgan fingerprint density at radius 2 is 1.80 bits per heavy atom. The lowest BCUT2D eigenvalue weighted by molar-refractivity contribution is -0.384. The summed E-state index contributed by atoms with van der Waals surface area (Å²) in [6, 6.07) is 1.19. The molecule has 1 aromatic carbocycles. The molecular weight excluding hydrogens is 282 g/mol. The third-order valence-corrected chi connectivity index (χ3v) is 3.23. The summed E-state index contributed by atoms with van der Waals surface area (Å²) in [5, 5.41) is 11.1. The van der Waals surface area contributed by atoms with Gasteiger partial charge in [0, 0.05) is 11.8 Å². The molecule has 0 radical (unpaired) electrons. The van der Waals surface area contributed by atoms with Gasteiger partial charge in [0.2, 0.25) is 0 Å². The van der Waals surface area contributed by atoms with Gasteiger partial charge in [-0.05, 0) is 24.0 Å². The van der Waals surface area contributed by atoms with E-state index in [4.69, 9.17) is 5.73 Å². The van der Waals surface area contributed by atoms with Crippen LogP contribution in [0.5, 0.6) is 0 Å². The van der Waals surface area contributed by atoms with Crippen molar-refractivity contribution in [2.45, 2.75) is 39.5 Å². The van der Waals surface area contributed by atoms with Gasteiger partial charge in [0.25, 0.3) is 5.69 Å². The van der Waals surface area contributed by atoms with Crippen molar-refractivity contribution in [3.63, 3.8) is 0 Å². The number of nitrogen functional groups attached to an aromatic ring is 1. The minimum atomic E-state index is -2.75. The van der Waals surface area contributed by atoms with Gasteiger partial charge in [-0.1, -0.05) is 26.7 Å². The average molecular weight is 299 g/mol. The molecule has 0 unspecified atom stereocenters. The molecule has 0 aliphatic heterocycles. The van der Waals surface area contributed by atoms with Crippen LogP contribution in [0.25, 0.3) is 0 Å². The third-order valence-electron chi connectivity index (χ3n) is 2.90. The summed E-state index contributed by atoms with van der Waals surface area (Å²) in [6.07, 6.45) is 2.65. The summed E-state index contributed by atoms with van der Waals surface area (Å²) in [6.45, 7) is 3.86. The molecule has 0 amide bonds. The molecule has 1 aromatic rings. The molecule has 0 saturated heterocycles. The van der Waals surface area contributed by atoms with Crippen LogP contribution in [0, 0.1) is 10.1 Å². The second-order valence-electron chi connectivity index (χ2n) is 4.36. The van der Waals surface area contributed by atoms with Crippen LogP contribution >= 0.6 is 0 Å². The number of nitro groups is 1. The van der Waals surface area contributed by atoms with E-state index in [0.29, 0.717) is 30.5 Å². The molecule has 0 spiro atoms. The molecule has 0 aliphatic carbocycles. The Bertz CT molecular complexity index is 645. The van der Waals surface area contributed by atoms with Crippen molar-refractivity contribution < 1.29 is 13.3 Å². The van der Waals surface area contributed by atoms with Crippen LogP contribution in [0.15, 0.2) is 10.4 Å². The number of nitrogens with zero attached hydrogens (tertiary/aromatic N) is 2. The lowest BCUT2D eigenvalue weighted by Gasteiger charge is -2.13. The lowest BCUT2D eigenvalue weighted by atomic mass is 9.95. The summed E-state index contributed by atoms with van der Waals surface area (Å²) >= 11 is 0. The van der Waals surface area contributed by atoms with Crippen molar-refractivity contribution >= 4 is 27.6 Å². The second-order valence-corrected chi connectivity index (χ2v) is 4.97. The highest BCUT2D eigenvalue weighted by Gasteiger charge is 2.23. The SMILES string of the molecule is CCCc1c(N)cc([N+](=O)[O-])c(N=S(=O)=O)c1CCC. The average Bonchev–Trinajstić information content (AvgIpc) is 2.36. The Kier molecular flexibility index (Phi) is 5.63. The molecule has 1 rings (SSSR count). The first-order chi connectivity index (χ1) is 9.42. The van der Waals surface area contributed by atoms with Gasteiger partial charge in [-0.3, -0.25) is 10.1 Å². The van der Waals surface area contributed by atoms with Gasteiger partial charge >= 0.3 is 10.5 Å². The molecule has 7 nitrogen and oxygen atoms in total. The third kappa shape index (κ3) is 3.53. The highest BCUT2D eigenvalue weighted by molar-refractivity contribution is 7.61. The maximum absolute atomic E-state index is 11.1. The van der Waals surface area contributed by atoms with Gasteiger partial charge in [-0.2, -0.15) is 8.42 Å². The van der Waals surface area contributed by atoms with E-state index in [0.717, 1.165) is 12.0 Å². The zero-order valence-electron chi connectivity index (χ0n) is 11.4. The monoisotopic (exact) mass is 299 g/mol. The summed E-state index contributed by atoms with van der Waals surface area (Å²) in [5.74, 6) is 0. The van der Waals surface area contributed by atoms with Crippen LogP contribution in [0.3, 0.4) is 0 Å². The molecule has 0 bridgehead atoms. The number of hydrogen-bond donors (Lipinski definition) is 1. The number of hydrogen-bond acceptors (Lipinski definition) is 6. The van der Waals surface area contributed by atoms with E-state index < -0.39 is 15.4 Å². The molecule has 0 aromatic heterocycles. The van der Waals surface area contributed by atoms with Crippen LogP contribution in [0.4, 0.5) is 17.1 Å². The highest BCUT2D eigenvalue weighted by atomic mass is 32.2. The molecule has 0 atom stereocenters. The van der Waals surface area contributed by atoms with Crippen LogP contribution in [0.2, 0.25) is 0 Å². The molecular formula is C12H17N3O4S. The Morgan fingerprint density at radius 1 is 1.25 bits per heavy atom. The van der Waals surface area contributed by atoms with Gasteiger partial charge < -0.3 is 5.73 Å². The number of benzene rings is 1. The minimum absolute atomic E-state index is 0.0946. The number of nitrogens with two attached hydrogens (primary N) is 1. The van der Waals surface area contributed by atoms with Crippen molar-refractivity contribution in [3.8, 4) is 0 Å². The first-order valence-corrected chi connectivity index (χ1v) is 7.35. The van der Waals surface area contributed by atoms with E-state index >= 15 is 0 Å². The number of nitro benzene ring substituents is 1. The predicted octanol–water partition coefficient (Wildman–Crippen LogP) is 2.78. The smallest absolute Gasteiger partial charge is 0.316 e. The van der Waals surface area contributed by atoms with Crippen LogP contribution < -0.4 is 5.73 Å². The van der Waals surface area contributed by atoms with Crippen molar-refractivity contribution in [3.05, 3.63) is 27.3 Å². The molecule has 2 N–H and O–H groups in total. The zero-order chi connectivity index (χ0) is 15.3. The fourth-order valence-corrected chi connectivity index (χ4v) is 2.51. The Balaban J connectivity index is 3.75. The second kappa shape index (κ2) is 6.99. The Morgan fingerprint density at radius 3 is 2.25 bits per heavy atom. The summed E-state index contributed by atoms with van der Waals surface area (Å²) in [5.41, 5.74) is 7.05. The van der Waals surface area contributed by atoms with Crippen LogP contribution in [-0.4, -0.2) is 13.3 Å². The van der Waals surface area contributed by atoms with Gasteiger partial charge in [0.05, 0.1) is 4.92 Å². The predicted molar refractivity (Wildman–Crippen MR) is 76.5 cm³/mol. The molecule has 20 heavy (non-hydrogen) atoms. The minimum Gasteiger partial charge on any atom is -0.398 e. The topological polar surface area (TPSA) is 116 Å². The molecule has 0 aliphatic rings. The van der Waals surface area contributed by atoms with E-state index in [1.807, 2.05) is 13.8 Å². The summed E-state index contributed by atoms with van der Waals surface area (Å²) < 4.78 is 25.1. The summed E-state index contributed by atoms with van der Waals surface area (Å²) in [4.78, 5) is 10.4. The molecule has 0 heterocycles. The Labute approximate surface area is 118 Å². The van der Waals surface area contributed by atoms with Crippen molar-refractivity contribution in [2.75, 3.05) is 5.73 Å². The molecule has 8 heteroatoms. The van der Waals surface area contributed by atoms with Crippen LogP contribution in [0.1, 0.15) is 37.8 Å². The molecule has 110 valence electrons. The standard InChI is InChI=1S/C12H17N3O4S/c1-3-5-8-9(6-4-2)12(14-20(18)19)11(15(16)17)7-10(8)13/h7H,3-6,13H2,1-2H3. The quantitative estimate of drug-likeness (QED) is 0.492. The van der Waals surface area contributed by atoms with E-state index in [2.05, 4.69) is 4.36 Å². The van der Waals surface area contributed by atoms with Crippen molar-refractivity contribution in [1.82, 2.24) is 0 Å². The van der Waals surface area contributed by atoms with Crippen molar-refractivity contribution in [1.29, 1.82) is 0 Å². The maximum atomic E-state index is 11.1. The fraction of sp³-hybridized carbons (Fsp3) is 0.500. The zero-order valence-corrected chi connectivity index (χ0v) is 12.2. The first-order valence-electron chi connectivity index (χ1n) is 6.32. The summed E-state index contributed by atoms with van der Waals surface area (Å²) in [7, 11) is -2.75. The van der Waals surface area contributed by atoms with E-state index in [1.54, 1.807) is 0 Å². The van der Waals surface area contributed by atoms with E-state index in [-0.39, 0.29) is 11.4 Å².